The Hall–Kier alpha value is -3.05. The van der Waals surface area contributed by atoms with Gasteiger partial charge < -0.3 is 19.8 Å². The Morgan fingerprint density at radius 3 is 2.48 bits per heavy atom. The molecule has 1 aliphatic heterocycles. The maximum Gasteiger partial charge on any atom is 0.124 e. The van der Waals surface area contributed by atoms with Gasteiger partial charge in [-0.1, -0.05) is 30.3 Å². The number of halogens is 1. The summed E-state index contributed by atoms with van der Waals surface area (Å²) >= 11 is 0. The van der Waals surface area contributed by atoms with E-state index in [0.29, 0.717) is 12.2 Å². The highest BCUT2D eigenvalue weighted by atomic mass is 19.1. The van der Waals surface area contributed by atoms with E-state index in [2.05, 4.69) is 17.0 Å². The maximum atomic E-state index is 13.2. The van der Waals surface area contributed by atoms with Gasteiger partial charge in [0.1, 0.15) is 17.3 Å². The van der Waals surface area contributed by atoms with Crippen LogP contribution in [-0.2, 0) is 0 Å². The fourth-order valence-corrected chi connectivity index (χ4v) is 4.61. The average molecular weight is 422 g/mol. The zero-order valence-corrected chi connectivity index (χ0v) is 17.6. The summed E-state index contributed by atoms with van der Waals surface area (Å²) in [4.78, 5) is 2.33. The molecule has 162 valence electrons. The van der Waals surface area contributed by atoms with Gasteiger partial charge in [-0.15, -0.1) is 0 Å². The summed E-state index contributed by atoms with van der Waals surface area (Å²) < 4.78 is 18.5. The smallest absolute Gasteiger partial charge is 0.124 e. The summed E-state index contributed by atoms with van der Waals surface area (Å²) in [7, 11) is 1.58. The third-order valence-electron chi connectivity index (χ3n) is 6.23. The lowest BCUT2D eigenvalue weighted by Crippen LogP contribution is -2.25. The first-order chi connectivity index (χ1) is 15.1. The predicted octanol–water partition coefficient (Wildman–Crippen LogP) is 5.62. The summed E-state index contributed by atoms with van der Waals surface area (Å²) in [6.45, 7) is 0.872. The Balaban J connectivity index is 1.58. The maximum absolute atomic E-state index is 13.2. The lowest BCUT2D eigenvalue weighted by Gasteiger charge is -2.31. The molecule has 0 bridgehead atoms. The van der Waals surface area contributed by atoms with E-state index in [1.807, 2.05) is 30.3 Å². The van der Waals surface area contributed by atoms with Crippen LogP contribution in [0.2, 0.25) is 0 Å². The van der Waals surface area contributed by atoms with Crippen molar-refractivity contribution in [2.45, 2.75) is 31.4 Å². The molecule has 1 heterocycles. The minimum Gasteiger partial charge on any atom is -0.507 e. The van der Waals surface area contributed by atoms with E-state index in [1.165, 1.54) is 12.1 Å². The number of aromatic hydroxyl groups is 1. The normalized spacial score (nSPS) is 19.4. The second-order valence-electron chi connectivity index (χ2n) is 8.09. The van der Waals surface area contributed by atoms with Crippen molar-refractivity contribution in [3.8, 4) is 11.5 Å². The molecule has 5 heteroatoms. The summed E-state index contributed by atoms with van der Waals surface area (Å²) in [5, 5.41) is 21.4. The number of para-hydroxylation sites is 1. The number of benzene rings is 3. The van der Waals surface area contributed by atoms with E-state index < -0.39 is 6.10 Å². The Morgan fingerprint density at radius 1 is 1.06 bits per heavy atom. The largest absolute Gasteiger partial charge is 0.507 e. The van der Waals surface area contributed by atoms with Crippen LogP contribution in [-0.4, -0.2) is 23.9 Å². The molecule has 0 amide bonds. The lowest BCUT2D eigenvalue weighted by molar-refractivity contribution is 0.155. The summed E-state index contributed by atoms with van der Waals surface area (Å²) in [5.41, 5.74) is 2.70. The Bertz CT molecular complexity index is 993. The Labute approximate surface area is 182 Å². The van der Waals surface area contributed by atoms with Crippen molar-refractivity contribution in [3.63, 3.8) is 0 Å². The van der Waals surface area contributed by atoms with Crippen molar-refractivity contribution >= 4 is 5.69 Å². The zero-order chi connectivity index (χ0) is 21.8. The molecule has 0 spiro atoms. The first-order valence-electron chi connectivity index (χ1n) is 10.7. The Morgan fingerprint density at radius 2 is 1.81 bits per heavy atom. The van der Waals surface area contributed by atoms with Gasteiger partial charge in [-0.25, -0.2) is 4.39 Å². The number of ether oxygens (including phenoxy) is 1. The topological polar surface area (TPSA) is 52.9 Å². The quantitative estimate of drug-likeness (QED) is 0.520. The van der Waals surface area contributed by atoms with E-state index in [0.717, 1.165) is 36.2 Å². The number of methoxy groups -OCH3 is 1. The summed E-state index contributed by atoms with van der Waals surface area (Å²) in [6, 6.07) is 21.7. The van der Waals surface area contributed by atoms with Gasteiger partial charge in [0, 0.05) is 23.9 Å². The molecule has 1 fully saturated rings. The average Bonchev–Trinajstić information content (AvgIpc) is 3.22. The second kappa shape index (κ2) is 9.40. The van der Waals surface area contributed by atoms with E-state index >= 15 is 0 Å². The molecule has 3 aromatic carbocycles. The van der Waals surface area contributed by atoms with Crippen molar-refractivity contribution in [3.05, 3.63) is 89.7 Å². The van der Waals surface area contributed by atoms with Crippen molar-refractivity contribution < 1.29 is 19.3 Å². The predicted molar refractivity (Wildman–Crippen MR) is 120 cm³/mol. The monoisotopic (exact) mass is 421 g/mol. The van der Waals surface area contributed by atoms with Crippen molar-refractivity contribution in [1.82, 2.24) is 0 Å². The molecule has 0 saturated carbocycles. The zero-order valence-electron chi connectivity index (χ0n) is 17.6. The van der Waals surface area contributed by atoms with E-state index in [4.69, 9.17) is 4.74 Å². The molecule has 3 aromatic rings. The first kappa shape index (κ1) is 21.2. The molecule has 2 N–H and O–H groups in total. The highest BCUT2D eigenvalue weighted by molar-refractivity contribution is 5.53. The van der Waals surface area contributed by atoms with Crippen LogP contribution < -0.4 is 9.64 Å². The molecule has 1 aliphatic rings. The van der Waals surface area contributed by atoms with Crippen LogP contribution in [0.25, 0.3) is 0 Å². The minimum atomic E-state index is -0.642. The molecule has 0 aromatic heterocycles. The van der Waals surface area contributed by atoms with Crippen LogP contribution in [0.1, 0.15) is 42.5 Å². The van der Waals surface area contributed by atoms with Crippen LogP contribution >= 0.6 is 0 Å². The number of hydrogen-bond donors (Lipinski definition) is 2. The summed E-state index contributed by atoms with van der Waals surface area (Å²) in [6.07, 6.45) is 1.68. The number of rotatable bonds is 7. The molecule has 4 nitrogen and oxygen atoms in total. The number of phenols is 1. The number of aliphatic hydroxyl groups excluding tert-OH is 1. The van der Waals surface area contributed by atoms with Gasteiger partial charge in [0.05, 0.1) is 19.3 Å². The van der Waals surface area contributed by atoms with E-state index in [1.54, 1.807) is 25.3 Å². The molecule has 0 radical (unpaired) electrons. The van der Waals surface area contributed by atoms with Crippen LogP contribution in [0.4, 0.5) is 10.1 Å². The molecule has 1 unspecified atom stereocenters. The second-order valence-corrected chi connectivity index (χ2v) is 8.09. The molecule has 31 heavy (non-hydrogen) atoms. The number of nitrogens with zero attached hydrogens (tertiary/aromatic N) is 1. The summed E-state index contributed by atoms with van der Waals surface area (Å²) in [5.74, 6) is 0.792. The lowest BCUT2D eigenvalue weighted by atomic mass is 9.87. The van der Waals surface area contributed by atoms with Crippen LogP contribution in [0.5, 0.6) is 11.5 Å². The molecule has 4 rings (SSSR count). The standard InChI is InChI=1S/C26H28FNO3/c1-31-22-12-13-23(25(30)17-22)26-19(15-16-28(26)21-5-3-2-4-6-21)9-14-24(29)18-7-10-20(27)11-8-18/h2-8,10-13,17,19,24,26,29-30H,9,14-16H2,1H3/t19-,24?,26+/m1/s1. The number of aliphatic hydroxyl groups is 1. The van der Waals surface area contributed by atoms with Gasteiger partial charge in [0.2, 0.25) is 0 Å². The highest BCUT2D eigenvalue weighted by Crippen LogP contribution is 2.46. The first-order valence-corrected chi connectivity index (χ1v) is 10.7. The van der Waals surface area contributed by atoms with Crippen LogP contribution in [0, 0.1) is 11.7 Å². The third-order valence-corrected chi connectivity index (χ3v) is 6.23. The van der Waals surface area contributed by atoms with Gasteiger partial charge in [0.15, 0.2) is 0 Å². The van der Waals surface area contributed by atoms with Gasteiger partial charge >= 0.3 is 0 Å². The molecule has 0 aliphatic carbocycles. The SMILES string of the molecule is COc1ccc([C@@H]2[C@H](CCC(O)c3ccc(F)cc3)CCN2c2ccccc2)c(O)c1. The third kappa shape index (κ3) is 4.67. The van der Waals surface area contributed by atoms with Gasteiger partial charge in [-0.05, 0) is 67.1 Å². The van der Waals surface area contributed by atoms with Gasteiger partial charge in [-0.3, -0.25) is 0 Å². The molecular formula is C26H28FNO3. The van der Waals surface area contributed by atoms with Crippen molar-refractivity contribution in [2.24, 2.45) is 5.92 Å². The Kier molecular flexibility index (Phi) is 6.42. The van der Waals surface area contributed by atoms with Gasteiger partial charge in [0.25, 0.3) is 0 Å². The van der Waals surface area contributed by atoms with Crippen LogP contribution in [0.3, 0.4) is 0 Å². The number of hydrogen-bond acceptors (Lipinski definition) is 4. The number of anilines is 1. The van der Waals surface area contributed by atoms with E-state index in [9.17, 15) is 14.6 Å². The fourth-order valence-electron chi connectivity index (χ4n) is 4.61. The molecule has 1 saturated heterocycles. The van der Waals surface area contributed by atoms with Gasteiger partial charge in [-0.2, -0.15) is 0 Å². The molecule has 3 atom stereocenters. The highest BCUT2D eigenvalue weighted by Gasteiger charge is 2.37. The van der Waals surface area contributed by atoms with E-state index in [-0.39, 0.29) is 23.5 Å². The fraction of sp³-hybridized carbons (Fsp3) is 0.308. The van der Waals surface area contributed by atoms with Crippen molar-refractivity contribution in [1.29, 1.82) is 0 Å². The van der Waals surface area contributed by atoms with Crippen molar-refractivity contribution in [2.75, 3.05) is 18.6 Å². The minimum absolute atomic E-state index is 0.00581. The number of phenolic OH excluding ortho intramolecular Hbond substituents is 1. The molecular weight excluding hydrogens is 393 g/mol. The van der Waals surface area contributed by atoms with Crippen LogP contribution in [0.15, 0.2) is 72.8 Å².